The van der Waals surface area contributed by atoms with Crippen molar-refractivity contribution >= 4 is 44.9 Å². The Kier molecular flexibility index (Phi) is 5.15. The lowest BCUT2D eigenvalue weighted by Gasteiger charge is -2.11. The van der Waals surface area contributed by atoms with Gasteiger partial charge in [0, 0.05) is 18.3 Å². The lowest BCUT2D eigenvalue weighted by molar-refractivity contribution is -0.115. The fourth-order valence-electron chi connectivity index (χ4n) is 2.69. The first-order chi connectivity index (χ1) is 13.5. The largest absolute Gasteiger partial charge is 0.325 e. The maximum absolute atomic E-state index is 12.5. The monoisotopic (exact) mass is 409 g/mol. The quantitative estimate of drug-likeness (QED) is 0.491. The van der Waals surface area contributed by atoms with Crippen molar-refractivity contribution in [3.05, 3.63) is 54.4 Å². The van der Waals surface area contributed by atoms with Gasteiger partial charge in [0.2, 0.25) is 5.91 Å². The fourth-order valence-corrected chi connectivity index (χ4v) is 4.55. The molecule has 142 valence electrons. The summed E-state index contributed by atoms with van der Waals surface area (Å²) in [5, 5.41) is 12.2. The molecule has 0 saturated carbocycles. The van der Waals surface area contributed by atoms with Gasteiger partial charge in [-0.05, 0) is 55.8 Å². The van der Waals surface area contributed by atoms with Crippen molar-refractivity contribution in [3.8, 4) is 10.6 Å². The molecule has 2 heterocycles. The van der Waals surface area contributed by atoms with Crippen LogP contribution < -0.4 is 5.32 Å². The molecular weight excluding hydrogens is 390 g/mol. The van der Waals surface area contributed by atoms with E-state index in [0.717, 1.165) is 21.8 Å². The zero-order valence-corrected chi connectivity index (χ0v) is 17.3. The number of carbonyl (C=O) groups is 1. The number of hydrogen-bond acceptors (Lipinski definition) is 6. The van der Waals surface area contributed by atoms with E-state index in [1.54, 1.807) is 22.2 Å². The summed E-state index contributed by atoms with van der Waals surface area (Å²) in [5.41, 5.74) is 4.04. The number of hydrogen-bond donors (Lipinski definition) is 1. The van der Waals surface area contributed by atoms with Gasteiger partial charge >= 0.3 is 0 Å². The average molecular weight is 410 g/mol. The maximum Gasteiger partial charge on any atom is 0.237 e. The Morgan fingerprint density at radius 2 is 2.00 bits per heavy atom. The summed E-state index contributed by atoms with van der Waals surface area (Å²) in [6.07, 6.45) is 1.62. The second-order valence-corrected chi connectivity index (χ2v) is 8.88. The van der Waals surface area contributed by atoms with E-state index >= 15 is 0 Å². The van der Waals surface area contributed by atoms with Crippen LogP contribution in [-0.2, 0) is 11.8 Å². The predicted molar refractivity (Wildman–Crippen MR) is 115 cm³/mol. The zero-order valence-electron chi connectivity index (χ0n) is 15.7. The number of thiazole rings is 1. The standard InChI is InChI=1S/C20H19N5OS2/c1-12-4-9-16-17(10-12)28-19(23-16)14-5-7-15(8-6-14)22-18(26)13(2)27-20-24-21-11-25(20)3/h4-11,13H,1-3H3,(H,22,26)/t13-/m1/s1. The van der Waals surface area contributed by atoms with Crippen LogP contribution in [0.1, 0.15) is 12.5 Å². The SMILES string of the molecule is Cc1ccc2nc(-c3ccc(NC(=O)[C@@H](C)Sc4nncn4C)cc3)sc2c1. The third kappa shape index (κ3) is 3.93. The Morgan fingerprint density at radius 3 is 2.71 bits per heavy atom. The van der Waals surface area contributed by atoms with Crippen LogP contribution in [0.2, 0.25) is 0 Å². The van der Waals surface area contributed by atoms with Crippen LogP contribution in [-0.4, -0.2) is 30.9 Å². The summed E-state index contributed by atoms with van der Waals surface area (Å²) in [6.45, 7) is 3.94. The Morgan fingerprint density at radius 1 is 1.21 bits per heavy atom. The number of aryl methyl sites for hydroxylation is 2. The van der Waals surface area contributed by atoms with Crippen LogP contribution in [0.15, 0.2) is 53.9 Å². The molecule has 28 heavy (non-hydrogen) atoms. The normalized spacial score (nSPS) is 12.2. The molecule has 0 radical (unpaired) electrons. The molecular formula is C20H19N5OS2. The Balaban J connectivity index is 1.45. The Hall–Kier alpha value is -2.71. The highest BCUT2D eigenvalue weighted by Gasteiger charge is 2.17. The number of rotatable bonds is 5. The van der Waals surface area contributed by atoms with E-state index < -0.39 is 0 Å². The summed E-state index contributed by atoms with van der Waals surface area (Å²) in [6, 6.07) is 14.1. The van der Waals surface area contributed by atoms with Crippen LogP contribution in [0.3, 0.4) is 0 Å². The van der Waals surface area contributed by atoms with Crippen LogP contribution in [0.25, 0.3) is 20.8 Å². The van der Waals surface area contributed by atoms with E-state index in [-0.39, 0.29) is 11.2 Å². The van der Waals surface area contributed by atoms with E-state index in [2.05, 4.69) is 40.6 Å². The molecule has 8 heteroatoms. The molecule has 0 fully saturated rings. The van der Waals surface area contributed by atoms with E-state index in [9.17, 15) is 4.79 Å². The van der Waals surface area contributed by atoms with E-state index in [0.29, 0.717) is 5.16 Å². The lowest BCUT2D eigenvalue weighted by Crippen LogP contribution is -2.22. The number of nitrogens with one attached hydrogen (secondary N) is 1. The van der Waals surface area contributed by atoms with Crippen LogP contribution >= 0.6 is 23.1 Å². The second kappa shape index (κ2) is 7.73. The number of benzene rings is 2. The second-order valence-electron chi connectivity index (χ2n) is 6.54. The van der Waals surface area contributed by atoms with Gasteiger partial charge in [-0.15, -0.1) is 21.5 Å². The van der Waals surface area contributed by atoms with Crippen molar-refractivity contribution in [1.29, 1.82) is 0 Å². The third-order valence-corrected chi connectivity index (χ3v) is 6.48. The highest BCUT2D eigenvalue weighted by Crippen LogP contribution is 2.31. The average Bonchev–Trinajstić information content (AvgIpc) is 3.28. The van der Waals surface area contributed by atoms with Gasteiger partial charge in [0.15, 0.2) is 5.16 Å². The number of thioether (sulfide) groups is 1. The number of carbonyl (C=O) groups excluding carboxylic acids is 1. The minimum absolute atomic E-state index is 0.0730. The molecule has 0 aliphatic rings. The highest BCUT2D eigenvalue weighted by atomic mass is 32.2. The Bertz CT molecular complexity index is 1130. The lowest BCUT2D eigenvalue weighted by atomic mass is 10.2. The van der Waals surface area contributed by atoms with Gasteiger partial charge in [0.1, 0.15) is 11.3 Å². The van der Waals surface area contributed by atoms with Crippen molar-refractivity contribution in [2.24, 2.45) is 7.05 Å². The molecule has 2 aromatic heterocycles. The first-order valence-electron chi connectivity index (χ1n) is 8.79. The van der Waals surface area contributed by atoms with E-state index in [1.165, 1.54) is 22.0 Å². The van der Waals surface area contributed by atoms with Gasteiger partial charge in [-0.2, -0.15) is 0 Å². The van der Waals surface area contributed by atoms with Gasteiger partial charge in [-0.25, -0.2) is 4.98 Å². The van der Waals surface area contributed by atoms with Gasteiger partial charge in [0.05, 0.1) is 15.5 Å². The molecule has 0 aliphatic carbocycles. The van der Waals surface area contributed by atoms with Crippen molar-refractivity contribution in [2.45, 2.75) is 24.3 Å². The first kappa shape index (κ1) is 18.6. The smallest absolute Gasteiger partial charge is 0.237 e. The highest BCUT2D eigenvalue weighted by molar-refractivity contribution is 8.00. The molecule has 6 nitrogen and oxygen atoms in total. The molecule has 1 amide bonds. The fraction of sp³-hybridized carbons (Fsp3) is 0.200. The number of fused-ring (bicyclic) bond motifs is 1. The molecule has 0 bridgehead atoms. The minimum Gasteiger partial charge on any atom is -0.325 e. The number of anilines is 1. The summed E-state index contributed by atoms with van der Waals surface area (Å²) in [5.74, 6) is -0.0730. The number of aromatic nitrogens is 4. The van der Waals surface area contributed by atoms with Crippen molar-refractivity contribution in [1.82, 2.24) is 19.7 Å². The topological polar surface area (TPSA) is 72.7 Å². The third-order valence-electron chi connectivity index (χ3n) is 4.26. The summed E-state index contributed by atoms with van der Waals surface area (Å²) < 4.78 is 2.98. The molecule has 1 atom stereocenters. The van der Waals surface area contributed by atoms with Gasteiger partial charge < -0.3 is 9.88 Å². The van der Waals surface area contributed by atoms with E-state index in [4.69, 9.17) is 4.98 Å². The molecule has 4 rings (SSSR count). The maximum atomic E-state index is 12.5. The summed E-state index contributed by atoms with van der Waals surface area (Å²) in [7, 11) is 1.86. The summed E-state index contributed by atoms with van der Waals surface area (Å²) >= 11 is 3.05. The molecule has 0 aliphatic heterocycles. The van der Waals surface area contributed by atoms with Crippen molar-refractivity contribution in [2.75, 3.05) is 5.32 Å². The van der Waals surface area contributed by atoms with Gasteiger partial charge in [-0.1, -0.05) is 17.8 Å². The zero-order chi connectivity index (χ0) is 19.7. The molecule has 0 unspecified atom stereocenters. The van der Waals surface area contributed by atoms with Crippen molar-refractivity contribution in [3.63, 3.8) is 0 Å². The van der Waals surface area contributed by atoms with Gasteiger partial charge in [-0.3, -0.25) is 4.79 Å². The van der Waals surface area contributed by atoms with E-state index in [1.807, 2.05) is 38.2 Å². The Labute approximate surface area is 171 Å². The first-order valence-corrected chi connectivity index (χ1v) is 10.5. The molecule has 0 saturated heterocycles. The van der Waals surface area contributed by atoms with Crippen molar-refractivity contribution < 1.29 is 4.79 Å². The van der Waals surface area contributed by atoms with Gasteiger partial charge in [0.25, 0.3) is 0 Å². The molecule has 0 spiro atoms. The predicted octanol–water partition coefficient (Wildman–Crippen LogP) is 4.52. The molecule has 2 aromatic carbocycles. The summed E-state index contributed by atoms with van der Waals surface area (Å²) in [4.78, 5) is 17.2. The van der Waals surface area contributed by atoms with Crippen LogP contribution in [0.4, 0.5) is 5.69 Å². The van der Waals surface area contributed by atoms with Crippen LogP contribution in [0.5, 0.6) is 0 Å². The van der Waals surface area contributed by atoms with Crippen LogP contribution in [0, 0.1) is 6.92 Å². The molecule has 4 aromatic rings. The number of nitrogens with zero attached hydrogens (tertiary/aromatic N) is 4. The minimum atomic E-state index is -0.282. The number of amides is 1. The molecule has 1 N–H and O–H groups in total.